The number of nitrogens with zero attached hydrogens (tertiary/aromatic N) is 3. The molecule has 166 valence electrons. The number of thiazole rings is 1. The first-order valence-corrected chi connectivity index (χ1v) is 11.7. The maximum Gasteiger partial charge on any atom is 0.436 e. The minimum Gasteiger partial charge on any atom is -0.324 e. The molecule has 2 aromatic heterocycles. The predicted octanol–water partition coefficient (Wildman–Crippen LogP) is 4.43. The second-order valence-corrected chi connectivity index (χ2v) is 9.69. The number of amides is 1. The Hall–Kier alpha value is -2.45. The van der Waals surface area contributed by atoms with Gasteiger partial charge in [0.1, 0.15) is 6.04 Å². The fourth-order valence-corrected chi connectivity index (χ4v) is 4.85. The zero-order valence-electron chi connectivity index (χ0n) is 15.9. The van der Waals surface area contributed by atoms with E-state index in [1.165, 1.54) is 44.3 Å². The molecule has 2 N–H and O–H groups in total. The third kappa shape index (κ3) is 5.07. The Morgan fingerprint density at radius 3 is 2.42 bits per heavy atom. The van der Waals surface area contributed by atoms with Gasteiger partial charge in [0, 0.05) is 17.3 Å². The molecule has 1 atom stereocenters. The summed E-state index contributed by atoms with van der Waals surface area (Å²) in [4.78, 5) is 16.3. The van der Waals surface area contributed by atoms with E-state index in [0.717, 1.165) is 16.0 Å². The highest BCUT2D eigenvalue weighted by molar-refractivity contribution is 9.10. The van der Waals surface area contributed by atoms with Gasteiger partial charge in [-0.3, -0.25) is 14.2 Å². The quantitative estimate of drug-likeness (QED) is 0.483. The number of halogens is 4. The molecule has 8 nitrogen and oxygen atoms in total. The minimum absolute atomic E-state index is 0.0459. The Labute approximate surface area is 187 Å². The Bertz CT molecular complexity index is 1190. The molecule has 0 saturated heterocycles. The largest absolute Gasteiger partial charge is 0.436 e. The van der Waals surface area contributed by atoms with E-state index in [4.69, 9.17) is 0 Å². The highest BCUT2D eigenvalue weighted by Crippen LogP contribution is 2.36. The molecule has 0 aliphatic rings. The summed E-state index contributed by atoms with van der Waals surface area (Å²) in [5.74, 6) is -0.622. The number of hydrogen-bond acceptors (Lipinski definition) is 6. The second-order valence-electron chi connectivity index (χ2n) is 6.32. The number of rotatable bonds is 6. The normalized spacial score (nSPS) is 13.1. The molecule has 0 aliphatic carbocycles. The monoisotopic (exact) mass is 537 g/mol. The zero-order valence-corrected chi connectivity index (χ0v) is 19.2. The second kappa shape index (κ2) is 8.59. The molecule has 1 amide bonds. The fraction of sp³-hybridized carbons (Fsp3) is 0.235. The lowest BCUT2D eigenvalue weighted by Crippen LogP contribution is -2.25. The summed E-state index contributed by atoms with van der Waals surface area (Å²) in [5.41, 5.74) is -0.707. The lowest BCUT2D eigenvalue weighted by atomic mass is 10.2. The van der Waals surface area contributed by atoms with E-state index < -0.39 is 33.8 Å². The Morgan fingerprint density at radius 1 is 1.26 bits per heavy atom. The molecule has 0 bridgehead atoms. The third-order valence-corrected chi connectivity index (χ3v) is 7.30. The molecular formula is C17H15BrF3N5O3S2. The molecule has 0 aliphatic heterocycles. The summed E-state index contributed by atoms with van der Waals surface area (Å²) in [7, 11) is -3.85. The van der Waals surface area contributed by atoms with Crippen LogP contribution in [-0.4, -0.2) is 29.1 Å². The third-order valence-electron chi connectivity index (χ3n) is 4.18. The maximum absolute atomic E-state index is 13.0. The van der Waals surface area contributed by atoms with Crippen LogP contribution < -0.4 is 10.0 Å². The molecule has 1 unspecified atom stereocenters. The van der Waals surface area contributed by atoms with Crippen LogP contribution in [0.4, 0.5) is 24.0 Å². The van der Waals surface area contributed by atoms with Crippen LogP contribution in [0, 0.1) is 6.92 Å². The van der Waals surface area contributed by atoms with Crippen molar-refractivity contribution in [3.05, 3.63) is 51.7 Å². The van der Waals surface area contributed by atoms with Gasteiger partial charge in [0.05, 0.1) is 15.1 Å². The van der Waals surface area contributed by atoms with Crippen molar-refractivity contribution in [3.8, 4) is 0 Å². The highest BCUT2D eigenvalue weighted by atomic mass is 79.9. The Kier molecular flexibility index (Phi) is 6.43. The van der Waals surface area contributed by atoms with Gasteiger partial charge in [0.15, 0.2) is 10.8 Å². The molecule has 31 heavy (non-hydrogen) atoms. The van der Waals surface area contributed by atoms with Gasteiger partial charge in [0.25, 0.3) is 10.0 Å². The SMILES string of the molecule is Cc1c(Br)c(C(F)(F)F)nn1C(C)C(=O)Nc1ccc(S(=O)(=O)Nc2nccs2)cc1. The van der Waals surface area contributed by atoms with Crippen molar-refractivity contribution in [2.45, 2.75) is 31.0 Å². The molecule has 14 heteroatoms. The summed E-state index contributed by atoms with van der Waals surface area (Å²) >= 11 is 3.99. The topological polar surface area (TPSA) is 106 Å². The van der Waals surface area contributed by atoms with E-state index in [-0.39, 0.29) is 25.9 Å². The lowest BCUT2D eigenvalue weighted by Gasteiger charge is -2.15. The predicted molar refractivity (Wildman–Crippen MR) is 112 cm³/mol. The number of nitrogens with one attached hydrogen (secondary N) is 2. The van der Waals surface area contributed by atoms with Crippen LogP contribution in [0.15, 0.2) is 45.2 Å². The fourth-order valence-electron chi connectivity index (χ4n) is 2.58. The van der Waals surface area contributed by atoms with Gasteiger partial charge in [-0.2, -0.15) is 18.3 Å². The average Bonchev–Trinajstić information content (AvgIpc) is 3.29. The Balaban J connectivity index is 1.74. The molecule has 0 fully saturated rings. The summed E-state index contributed by atoms with van der Waals surface area (Å²) < 4.78 is 66.9. The van der Waals surface area contributed by atoms with E-state index in [9.17, 15) is 26.4 Å². The van der Waals surface area contributed by atoms with Crippen molar-refractivity contribution >= 4 is 54.0 Å². The number of aromatic nitrogens is 3. The van der Waals surface area contributed by atoms with Crippen LogP contribution in [0.3, 0.4) is 0 Å². The van der Waals surface area contributed by atoms with Crippen molar-refractivity contribution < 1.29 is 26.4 Å². The van der Waals surface area contributed by atoms with Crippen molar-refractivity contribution in [2.75, 3.05) is 10.0 Å². The lowest BCUT2D eigenvalue weighted by molar-refractivity contribution is -0.142. The molecule has 0 spiro atoms. The zero-order chi connectivity index (χ0) is 23.0. The van der Waals surface area contributed by atoms with Gasteiger partial charge in [-0.05, 0) is 54.0 Å². The number of carbonyl (C=O) groups excluding carboxylic acids is 1. The smallest absolute Gasteiger partial charge is 0.324 e. The Morgan fingerprint density at radius 2 is 1.90 bits per heavy atom. The standard InChI is InChI=1S/C17H15BrF3N5O3S2/c1-9-13(18)14(17(19,20)21)24-26(9)10(2)15(27)23-11-3-5-12(6-4-11)31(28,29)25-16-22-7-8-30-16/h3-8,10H,1-2H3,(H,22,25)(H,23,27). The van der Waals surface area contributed by atoms with E-state index in [1.54, 1.807) is 5.38 Å². The summed E-state index contributed by atoms with van der Waals surface area (Å²) in [5, 5.41) is 7.89. The molecule has 3 rings (SSSR count). The minimum atomic E-state index is -4.67. The van der Waals surface area contributed by atoms with E-state index in [0.29, 0.717) is 0 Å². The van der Waals surface area contributed by atoms with Gasteiger partial charge in [-0.1, -0.05) is 0 Å². The molecule has 0 saturated carbocycles. The van der Waals surface area contributed by atoms with Gasteiger partial charge in [0.2, 0.25) is 5.91 Å². The van der Waals surface area contributed by atoms with E-state index >= 15 is 0 Å². The van der Waals surface area contributed by atoms with Gasteiger partial charge in [-0.25, -0.2) is 13.4 Å². The summed E-state index contributed by atoms with van der Waals surface area (Å²) in [6.45, 7) is 2.81. The van der Waals surface area contributed by atoms with Gasteiger partial charge in [-0.15, -0.1) is 11.3 Å². The van der Waals surface area contributed by atoms with Gasteiger partial charge >= 0.3 is 6.18 Å². The highest BCUT2D eigenvalue weighted by Gasteiger charge is 2.39. The van der Waals surface area contributed by atoms with E-state index in [1.807, 2.05) is 0 Å². The van der Waals surface area contributed by atoms with Crippen LogP contribution >= 0.6 is 27.3 Å². The van der Waals surface area contributed by atoms with Crippen LogP contribution in [0.2, 0.25) is 0 Å². The number of hydrogen-bond donors (Lipinski definition) is 2. The van der Waals surface area contributed by atoms with Crippen LogP contribution in [0.5, 0.6) is 0 Å². The number of carbonyl (C=O) groups is 1. The molecular weight excluding hydrogens is 523 g/mol. The van der Waals surface area contributed by atoms with Crippen LogP contribution in [0.25, 0.3) is 0 Å². The van der Waals surface area contributed by atoms with Crippen LogP contribution in [0.1, 0.15) is 24.4 Å². The van der Waals surface area contributed by atoms with Crippen molar-refractivity contribution in [2.24, 2.45) is 0 Å². The van der Waals surface area contributed by atoms with Crippen molar-refractivity contribution in [3.63, 3.8) is 0 Å². The molecule has 2 heterocycles. The number of sulfonamides is 1. The van der Waals surface area contributed by atoms with E-state index in [2.05, 4.69) is 36.1 Å². The average molecular weight is 538 g/mol. The molecule has 3 aromatic rings. The van der Waals surface area contributed by atoms with Gasteiger partial charge < -0.3 is 5.32 Å². The molecule has 1 aromatic carbocycles. The number of anilines is 2. The first kappa shape index (κ1) is 23.2. The molecule has 0 radical (unpaired) electrons. The first-order valence-electron chi connectivity index (χ1n) is 8.55. The first-order chi connectivity index (χ1) is 14.4. The summed E-state index contributed by atoms with van der Waals surface area (Å²) in [6, 6.07) is 4.26. The van der Waals surface area contributed by atoms with Crippen molar-refractivity contribution in [1.82, 2.24) is 14.8 Å². The summed E-state index contributed by atoms with van der Waals surface area (Å²) in [6.07, 6.45) is -3.21. The van der Waals surface area contributed by atoms with Crippen LogP contribution in [-0.2, 0) is 21.0 Å². The van der Waals surface area contributed by atoms with Crippen molar-refractivity contribution in [1.29, 1.82) is 0 Å². The number of benzene rings is 1. The maximum atomic E-state index is 13.0. The number of alkyl halides is 3.